The number of benzene rings is 2. The molecule has 7 heteroatoms. The number of ether oxygens (including phenoxy) is 2. The predicted octanol–water partition coefficient (Wildman–Crippen LogP) is 2.41. The molecule has 0 saturated carbocycles. The van der Waals surface area contributed by atoms with Crippen LogP contribution in [0.5, 0.6) is 11.5 Å². The Morgan fingerprint density at radius 2 is 1.92 bits per heavy atom. The summed E-state index contributed by atoms with van der Waals surface area (Å²) in [6, 6.07) is 15.3. The van der Waals surface area contributed by atoms with Crippen molar-refractivity contribution in [3.8, 4) is 11.5 Å². The van der Waals surface area contributed by atoms with Crippen LogP contribution in [0.2, 0.25) is 0 Å². The van der Waals surface area contributed by atoms with E-state index in [0.29, 0.717) is 23.1 Å². The van der Waals surface area contributed by atoms with E-state index in [2.05, 4.69) is 20.9 Å². The molecule has 2 aromatic carbocycles. The van der Waals surface area contributed by atoms with Crippen molar-refractivity contribution >= 4 is 23.7 Å². The molecule has 128 valence electrons. The topological polar surface area (TPSA) is 90.8 Å². The van der Waals surface area contributed by atoms with Crippen LogP contribution >= 0.6 is 0 Å². The molecule has 2 aromatic rings. The molecule has 0 aromatic heterocycles. The number of aliphatic imine (C=N–C) groups is 1. The highest BCUT2D eigenvalue weighted by molar-refractivity contribution is 5.98. The Labute approximate surface area is 145 Å². The Balaban J connectivity index is 1.76. The zero-order valence-electron chi connectivity index (χ0n) is 13.7. The van der Waals surface area contributed by atoms with Gasteiger partial charge in [0.25, 0.3) is 0 Å². The third kappa shape index (κ3) is 4.51. The predicted molar refractivity (Wildman–Crippen MR) is 98.2 cm³/mol. The van der Waals surface area contributed by atoms with Gasteiger partial charge in [0, 0.05) is 19.3 Å². The fraction of sp³-hybridized carbons (Fsp3) is 0.111. The van der Waals surface area contributed by atoms with E-state index in [0.717, 1.165) is 5.56 Å². The molecule has 0 radical (unpaired) electrons. The molecule has 1 aliphatic heterocycles. The van der Waals surface area contributed by atoms with Crippen molar-refractivity contribution in [1.29, 1.82) is 5.41 Å². The van der Waals surface area contributed by atoms with Crippen molar-refractivity contribution in [2.75, 3.05) is 13.8 Å². The van der Waals surface area contributed by atoms with Crippen LogP contribution in [0.15, 0.2) is 59.7 Å². The Morgan fingerprint density at radius 3 is 2.72 bits per heavy atom. The SMILES string of the molecule is CNC(=N)NC(=Nc1ccc2c(c1)OCO2)NC=Cc1ccccc1. The summed E-state index contributed by atoms with van der Waals surface area (Å²) in [4.78, 5) is 4.48. The minimum absolute atomic E-state index is 0.125. The first-order valence-corrected chi connectivity index (χ1v) is 7.74. The first kappa shape index (κ1) is 16.4. The van der Waals surface area contributed by atoms with Gasteiger partial charge < -0.3 is 20.1 Å². The van der Waals surface area contributed by atoms with Crippen LogP contribution in [0.3, 0.4) is 0 Å². The molecule has 0 bridgehead atoms. The quantitative estimate of drug-likeness (QED) is 0.510. The first-order valence-electron chi connectivity index (χ1n) is 7.74. The van der Waals surface area contributed by atoms with Gasteiger partial charge in [-0.3, -0.25) is 10.7 Å². The summed E-state index contributed by atoms with van der Waals surface area (Å²) in [6.45, 7) is 0.218. The van der Waals surface area contributed by atoms with Crippen molar-refractivity contribution in [1.82, 2.24) is 16.0 Å². The molecule has 0 unspecified atom stereocenters. The maximum Gasteiger partial charge on any atom is 0.231 e. The second kappa shape index (κ2) is 7.87. The average molecular weight is 337 g/mol. The number of hydrogen-bond donors (Lipinski definition) is 4. The number of hydrogen-bond acceptors (Lipinski definition) is 4. The van der Waals surface area contributed by atoms with Crippen LogP contribution in [0.25, 0.3) is 6.08 Å². The lowest BCUT2D eigenvalue weighted by molar-refractivity contribution is 0.174. The molecule has 0 spiro atoms. The van der Waals surface area contributed by atoms with Crippen LogP contribution in [0, 0.1) is 5.41 Å². The van der Waals surface area contributed by atoms with Crippen molar-refractivity contribution in [2.45, 2.75) is 0 Å². The van der Waals surface area contributed by atoms with Crippen molar-refractivity contribution < 1.29 is 9.47 Å². The molecular weight excluding hydrogens is 318 g/mol. The van der Waals surface area contributed by atoms with Gasteiger partial charge in [-0.05, 0) is 23.8 Å². The molecule has 25 heavy (non-hydrogen) atoms. The van der Waals surface area contributed by atoms with Crippen LogP contribution in [0.1, 0.15) is 5.56 Å². The lowest BCUT2D eigenvalue weighted by Crippen LogP contribution is -2.43. The number of nitrogens with zero attached hydrogens (tertiary/aromatic N) is 1. The Morgan fingerprint density at radius 1 is 1.12 bits per heavy atom. The van der Waals surface area contributed by atoms with Crippen LogP contribution in [-0.4, -0.2) is 25.8 Å². The second-order valence-corrected chi connectivity index (χ2v) is 5.14. The van der Waals surface area contributed by atoms with Crippen LogP contribution in [-0.2, 0) is 0 Å². The van der Waals surface area contributed by atoms with Gasteiger partial charge in [0.05, 0.1) is 5.69 Å². The van der Waals surface area contributed by atoms with E-state index in [4.69, 9.17) is 14.9 Å². The maximum atomic E-state index is 7.74. The minimum atomic E-state index is 0.125. The summed E-state index contributed by atoms with van der Waals surface area (Å²) in [7, 11) is 1.66. The number of rotatable bonds is 3. The number of fused-ring (bicyclic) bond motifs is 1. The summed E-state index contributed by atoms with van der Waals surface area (Å²) >= 11 is 0. The summed E-state index contributed by atoms with van der Waals surface area (Å²) in [5.74, 6) is 1.89. The molecule has 7 nitrogen and oxygen atoms in total. The smallest absolute Gasteiger partial charge is 0.231 e. The van der Waals surface area contributed by atoms with Gasteiger partial charge in [-0.1, -0.05) is 30.3 Å². The molecule has 4 N–H and O–H groups in total. The van der Waals surface area contributed by atoms with E-state index in [-0.39, 0.29) is 12.8 Å². The normalized spacial score (nSPS) is 12.9. The standard InChI is InChI=1S/C18H19N5O2/c1-20-17(19)23-18(21-10-9-13-5-3-2-4-6-13)22-14-7-8-15-16(11-14)25-12-24-15/h2-11H,12H2,1H3,(H4,19,20,21,22,23). The highest BCUT2D eigenvalue weighted by Gasteiger charge is 2.13. The van der Waals surface area contributed by atoms with E-state index < -0.39 is 0 Å². The van der Waals surface area contributed by atoms with Gasteiger partial charge in [-0.15, -0.1) is 0 Å². The third-order valence-electron chi connectivity index (χ3n) is 3.39. The molecule has 0 atom stereocenters. The summed E-state index contributed by atoms with van der Waals surface area (Å²) in [5, 5.41) is 16.4. The van der Waals surface area contributed by atoms with E-state index in [1.54, 1.807) is 19.3 Å². The minimum Gasteiger partial charge on any atom is -0.454 e. The van der Waals surface area contributed by atoms with Crippen LogP contribution in [0.4, 0.5) is 5.69 Å². The van der Waals surface area contributed by atoms with E-state index in [1.807, 2.05) is 48.5 Å². The van der Waals surface area contributed by atoms with Gasteiger partial charge in [-0.2, -0.15) is 0 Å². The van der Waals surface area contributed by atoms with Gasteiger partial charge >= 0.3 is 0 Å². The Bertz CT molecular complexity index is 802. The fourth-order valence-corrected chi connectivity index (χ4v) is 2.14. The zero-order chi connectivity index (χ0) is 17.5. The average Bonchev–Trinajstić information content (AvgIpc) is 3.10. The van der Waals surface area contributed by atoms with E-state index in [9.17, 15) is 0 Å². The maximum absolute atomic E-state index is 7.74. The molecule has 0 aliphatic carbocycles. The number of guanidine groups is 2. The van der Waals surface area contributed by atoms with Crippen molar-refractivity contribution in [2.24, 2.45) is 4.99 Å². The Kier molecular flexibility index (Phi) is 5.16. The second-order valence-electron chi connectivity index (χ2n) is 5.14. The monoisotopic (exact) mass is 337 g/mol. The van der Waals surface area contributed by atoms with E-state index >= 15 is 0 Å². The summed E-state index contributed by atoms with van der Waals surface area (Å²) in [6.07, 6.45) is 3.68. The zero-order valence-corrected chi connectivity index (χ0v) is 13.7. The highest BCUT2D eigenvalue weighted by atomic mass is 16.7. The molecule has 1 aliphatic rings. The molecule has 3 rings (SSSR count). The van der Waals surface area contributed by atoms with Crippen molar-refractivity contribution in [3.05, 3.63) is 60.3 Å². The fourth-order valence-electron chi connectivity index (χ4n) is 2.14. The summed E-state index contributed by atoms with van der Waals surface area (Å²) < 4.78 is 10.7. The summed E-state index contributed by atoms with van der Waals surface area (Å²) in [5.41, 5.74) is 1.73. The van der Waals surface area contributed by atoms with E-state index in [1.165, 1.54) is 0 Å². The molecular formula is C18H19N5O2. The van der Waals surface area contributed by atoms with Crippen molar-refractivity contribution in [3.63, 3.8) is 0 Å². The van der Waals surface area contributed by atoms with Gasteiger partial charge in [0.15, 0.2) is 17.5 Å². The number of nitrogens with one attached hydrogen (secondary N) is 4. The molecule has 0 amide bonds. The third-order valence-corrected chi connectivity index (χ3v) is 3.39. The van der Waals surface area contributed by atoms with Gasteiger partial charge in [0.2, 0.25) is 12.8 Å². The highest BCUT2D eigenvalue weighted by Crippen LogP contribution is 2.35. The lowest BCUT2D eigenvalue weighted by Gasteiger charge is -2.10. The Hall–Kier alpha value is -3.48. The molecule has 0 saturated heterocycles. The van der Waals surface area contributed by atoms with Crippen LogP contribution < -0.4 is 25.4 Å². The van der Waals surface area contributed by atoms with Gasteiger partial charge in [0.1, 0.15) is 0 Å². The lowest BCUT2D eigenvalue weighted by atomic mass is 10.2. The molecule has 1 heterocycles. The van der Waals surface area contributed by atoms with Gasteiger partial charge in [-0.25, -0.2) is 4.99 Å². The molecule has 0 fully saturated rings. The largest absolute Gasteiger partial charge is 0.454 e. The first-order chi connectivity index (χ1) is 12.2.